The standard InChI is InChI=1S/C12H23N3O3/c1-12(2,3)9(7-16)15(4)6-11-13-10(8-17-5)14-18-11/h9,16H,6-8H2,1-5H3. The summed E-state index contributed by atoms with van der Waals surface area (Å²) in [6.45, 7) is 7.23. The molecule has 1 unspecified atom stereocenters. The smallest absolute Gasteiger partial charge is 0.240 e. The number of ether oxygens (including phenoxy) is 1. The highest BCUT2D eigenvalue weighted by atomic mass is 16.5. The minimum absolute atomic E-state index is 0.0150. The summed E-state index contributed by atoms with van der Waals surface area (Å²) in [4.78, 5) is 6.23. The van der Waals surface area contributed by atoms with E-state index in [0.717, 1.165) is 0 Å². The van der Waals surface area contributed by atoms with E-state index in [9.17, 15) is 5.11 Å². The molecule has 6 nitrogen and oxygen atoms in total. The zero-order valence-corrected chi connectivity index (χ0v) is 11.8. The maximum absolute atomic E-state index is 9.47. The quantitative estimate of drug-likeness (QED) is 0.821. The summed E-state index contributed by atoms with van der Waals surface area (Å²) in [7, 11) is 3.52. The molecule has 0 amide bonds. The highest BCUT2D eigenvalue weighted by Gasteiger charge is 2.28. The van der Waals surface area contributed by atoms with Gasteiger partial charge in [-0.15, -0.1) is 0 Å². The molecule has 0 bridgehead atoms. The van der Waals surface area contributed by atoms with Crippen molar-refractivity contribution in [1.29, 1.82) is 0 Å². The van der Waals surface area contributed by atoms with Crippen LogP contribution in [0.3, 0.4) is 0 Å². The van der Waals surface area contributed by atoms with Crippen molar-refractivity contribution in [3.8, 4) is 0 Å². The van der Waals surface area contributed by atoms with Crippen molar-refractivity contribution in [1.82, 2.24) is 15.0 Å². The van der Waals surface area contributed by atoms with Crippen molar-refractivity contribution in [3.63, 3.8) is 0 Å². The Balaban J connectivity index is 2.64. The second-order valence-electron chi connectivity index (χ2n) is 5.52. The molecule has 0 aliphatic carbocycles. The number of nitrogens with zero attached hydrogens (tertiary/aromatic N) is 3. The zero-order valence-electron chi connectivity index (χ0n) is 11.8. The highest BCUT2D eigenvalue weighted by molar-refractivity contribution is 4.87. The molecule has 0 aliphatic heterocycles. The Hall–Kier alpha value is -0.980. The van der Waals surface area contributed by atoms with Gasteiger partial charge in [-0.25, -0.2) is 0 Å². The molecule has 1 aromatic heterocycles. The van der Waals surface area contributed by atoms with Crippen molar-refractivity contribution in [2.24, 2.45) is 5.41 Å². The van der Waals surface area contributed by atoms with Crippen LogP contribution in [0.1, 0.15) is 32.5 Å². The van der Waals surface area contributed by atoms with Crippen LogP contribution in [0, 0.1) is 5.41 Å². The van der Waals surface area contributed by atoms with Crippen LogP contribution in [0.25, 0.3) is 0 Å². The fourth-order valence-electron chi connectivity index (χ4n) is 1.94. The van der Waals surface area contributed by atoms with Crippen LogP contribution >= 0.6 is 0 Å². The summed E-state index contributed by atoms with van der Waals surface area (Å²) in [6, 6.07) is 0.0373. The van der Waals surface area contributed by atoms with Crippen LogP contribution < -0.4 is 0 Å². The van der Waals surface area contributed by atoms with Crippen LogP contribution in [0.2, 0.25) is 0 Å². The number of hydrogen-bond donors (Lipinski definition) is 1. The van der Waals surface area contributed by atoms with E-state index >= 15 is 0 Å². The third-order valence-corrected chi connectivity index (χ3v) is 2.87. The molecule has 1 rings (SSSR count). The van der Waals surface area contributed by atoms with Gasteiger partial charge in [-0.1, -0.05) is 25.9 Å². The maximum Gasteiger partial charge on any atom is 0.240 e. The minimum atomic E-state index is -0.0150. The fraction of sp³-hybridized carbons (Fsp3) is 0.833. The normalized spacial score (nSPS) is 14.2. The average molecular weight is 257 g/mol. The Morgan fingerprint density at radius 1 is 1.44 bits per heavy atom. The summed E-state index contributed by atoms with van der Waals surface area (Å²) in [6.07, 6.45) is 0. The van der Waals surface area contributed by atoms with Gasteiger partial charge < -0.3 is 14.4 Å². The van der Waals surface area contributed by atoms with E-state index in [-0.39, 0.29) is 18.1 Å². The summed E-state index contributed by atoms with van der Waals surface area (Å²) in [5.41, 5.74) is -0.0150. The monoisotopic (exact) mass is 257 g/mol. The molecule has 1 N–H and O–H groups in total. The number of hydrogen-bond acceptors (Lipinski definition) is 6. The number of rotatable bonds is 6. The van der Waals surface area contributed by atoms with Crippen molar-refractivity contribution in [3.05, 3.63) is 11.7 Å². The first kappa shape index (κ1) is 15.1. The molecule has 0 saturated carbocycles. The first-order valence-electron chi connectivity index (χ1n) is 6.00. The van der Waals surface area contributed by atoms with E-state index in [1.807, 2.05) is 11.9 Å². The maximum atomic E-state index is 9.47. The molecule has 1 heterocycles. The van der Waals surface area contributed by atoms with Gasteiger partial charge >= 0.3 is 0 Å². The van der Waals surface area contributed by atoms with E-state index in [0.29, 0.717) is 24.9 Å². The lowest BCUT2D eigenvalue weighted by molar-refractivity contribution is 0.0549. The van der Waals surface area contributed by atoms with Crippen molar-refractivity contribution in [2.45, 2.75) is 40.0 Å². The molecular formula is C12H23N3O3. The molecule has 18 heavy (non-hydrogen) atoms. The fourth-order valence-corrected chi connectivity index (χ4v) is 1.94. The van der Waals surface area contributed by atoms with E-state index in [1.54, 1.807) is 7.11 Å². The van der Waals surface area contributed by atoms with Gasteiger partial charge in [-0.05, 0) is 12.5 Å². The van der Waals surface area contributed by atoms with Gasteiger partial charge in [0.2, 0.25) is 5.89 Å². The SMILES string of the molecule is COCc1noc(CN(C)C(CO)C(C)(C)C)n1. The first-order valence-corrected chi connectivity index (χ1v) is 6.00. The molecule has 104 valence electrons. The van der Waals surface area contributed by atoms with E-state index in [1.165, 1.54) is 0 Å². The van der Waals surface area contributed by atoms with Gasteiger partial charge in [0.05, 0.1) is 13.2 Å². The Bertz CT molecular complexity index is 360. The van der Waals surface area contributed by atoms with E-state index in [2.05, 4.69) is 30.9 Å². The third kappa shape index (κ3) is 4.04. The summed E-state index contributed by atoms with van der Waals surface area (Å²) < 4.78 is 10.1. The van der Waals surface area contributed by atoms with Crippen LogP contribution in [0.5, 0.6) is 0 Å². The lowest BCUT2D eigenvalue weighted by Crippen LogP contribution is -2.44. The lowest BCUT2D eigenvalue weighted by atomic mass is 9.86. The van der Waals surface area contributed by atoms with Crippen LogP contribution in [-0.2, 0) is 17.9 Å². The largest absolute Gasteiger partial charge is 0.395 e. The summed E-state index contributed by atoms with van der Waals surface area (Å²) in [5, 5.41) is 13.3. The molecular weight excluding hydrogens is 234 g/mol. The third-order valence-electron chi connectivity index (χ3n) is 2.87. The van der Waals surface area contributed by atoms with Gasteiger partial charge in [-0.2, -0.15) is 4.98 Å². The van der Waals surface area contributed by atoms with Crippen LogP contribution in [0.4, 0.5) is 0 Å². The number of aliphatic hydroxyl groups excluding tert-OH is 1. The van der Waals surface area contributed by atoms with Gasteiger partial charge in [0.25, 0.3) is 0 Å². The van der Waals surface area contributed by atoms with Crippen molar-refractivity contribution < 1.29 is 14.4 Å². The van der Waals surface area contributed by atoms with Gasteiger partial charge in [0, 0.05) is 13.2 Å². The summed E-state index contributed by atoms with van der Waals surface area (Å²) in [5.74, 6) is 1.07. The zero-order chi connectivity index (χ0) is 13.8. The van der Waals surface area contributed by atoms with E-state index < -0.39 is 0 Å². The number of likely N-dealkylation sites (N-methyl/N-ethyl adjacent to an activating group) is 1. The van der Waals surface area contributed by atoms with Crippen molar-refractivity contribution in [2.75, 3.05) is 20.8 Å². The molecule has 0 saturated heterocycles. The molecule has 6 heteroatoms. The molecule has 0 aromatic carbocycles. The molecule has 1 aromatic rings. The van der Waals surface area contributed by atoms with Gasteiger partial charge in [0.1, 0.15) is 6.61 Å². The molecule has 0 radical (unpaired) electrons. The highest BCUT2D eigenvalue weighted by Crippen LogP contribution is 2.24. The number of aliphatic hydroxyl groups is 1. The topological polar surface area (TPSA) is 71.6 Å². The van der Waals surface area contributed by atoms with Crippen LogP contribution in [-0.4, -0.2) is 47.0 Å². The van der Waals surface area contributed by atoms with Crippen molar-refractivity contribution >= 4 is 0 Å². The predicted molar refractivity (Wildman–Crippen MR) is 66.8 cm³/mol. The molecule has 1 atom stereocenters. The average Bonchev–Trinajstić information content (AvgIpc) is 2.64. The lowest BCUT2D eigenvalue weighted by Gasteiger charge is -2.35. The first-order chi connectivity index (χ1) is 8.38. The Kier molecular flexibility index (Phi) is 5.25. The molecule has 0 fully saturated rings. The second-order valence-corrected chi connectivity index (χ2v) is 5.52. The second kappa shape index (κ2) is 6.26. The van der Waals surface area contributed by atoms with Crippen LogP contribution in [0.15, 0.2) is 4.52 Å². The van der Waals surface area contributed by atoms with Gasteiger partial charge in [0.15, 0.2) is 5.82 Å². The Morgan fingerprint density at radius 2 is 2.11 bits per heavy atom. The Labute approximate surface area is 108 Å². The van der Waals surface area contributed by atoms with Gasteiger partial charge in [-0.3, -0.25) is 4.90 Å². The van der Waals surface area contributed by atoms with E-state index in [4.69, 9.17) is 9.26 Å². The predicted octanol–water partition coefficient (Wildman–Crippen LogP) is 1.05. The number of aromatic nitrogens is 2. The Morgan fingerprint density at radius 3 is 2.61 bits per heavy atom. The molecule has 0 spiro atoms. The summed E-state index contributed by atoms with van der Waals surface area (Å²) >= 11 is 0. The number of methoxy groups -OCH3 is 1. The minimum Gasteiger partial charge on any atom is -0.395 e. The molecule has 0 aliphatic rings.